The molecule has 114 valence electrons. The standard InChI is InChI=1S/C16H15NO4S/c18-16(19)13-6-3-7-15(10-13)22(20,21)17-9-8-12-4-1-2-5-14(12)11-17/h1-7,10H,8-9,11H2,(H,18,19)/p-1. The number of rotatable bonds is 3. The van der Waals surface area contributed by atoms with Crippen LogP contribution in [0.3, 0.4) is 0 Å². The largest absolute Gasteiger partial charge is 0.545 e. The van der Waals surface area contributed by atoms with Crippen molar-refractivity contribution in [3.63, 3.8) is 0 Å². The van der Waals surface area contributed by atoms with E-state index in [4.69, 9.17) is 0 Å². The Kier molecular flexibility index (Phi) is 3.72. The molecule has 0 spiro atoms. The van der Waals surface area contributed by atoms with E-state index in [1.807, 2.05) is 24.3 Å². The Bertz CT molecular complexity index is 830. The van der Waals surface area contributed by atoms with Gasteiger partial charge in [0.05, 0.1) is 10.9 Å². The van der Waals surface area contributed by atoms with Crippen molar-refractivity contribution in [2.45, 2.75) is 17.9 Å². The summed E-state index contributed by atoms with van der Waals surface area (Å²) in [6.07, 6.45) is 0.648. The van der Waals surface area contributed by atoms with Crippen LogP contribution in [0.4, 0.5) is 0 Å². The summed E-state index contributed by atoms with van der Waals surface area (Å²) >= 11 is 0. The first kappa shape index (κ1) is 14.7. The van der Waals surface area contributed by atoms with Gasteiger partial charge in [0.2, 0.25) is 10.0 Å². The molecule has 0 fully saturated rings. The molecule has 3 rings (SSSR count). The summed E-state index contributed by atoms with van der Waals surface area (Å²) in [6, 6.07) is 13.0. The molecule has 5 nitrogen and oxygen atoms in total. The fraction of sp³-hybridized carbons (Fsp3) is 0.188. The highest BCUT2D eigenvalue weighted by Gasteiger charge is 2.28. The summed E-state index contributed by atoms with van der Waals surface area (Å²) in [7, 11) is -3.72. The van der Waals surface area contributed by atoms with Crippen LogP contribution in [0.2, 0.25) is 0 Å². The van der Waals surface area contributed by atoms with E-state index in [1.165, 1.54) is 22.5 Å². The van der Waals surface area contributed by atoms with Gasteiger partial charge in [-0.05, 0) is 35.2 Å². The molecule has 0 aromatic heterocycles. The minimum absolute atomic E-state index is 0.0198. The Balaban J connectivity index is 1.94. The maximum Gasteiger partial charge on any atom is 0.243 e. The molecule has 0 radical (unpaired) electrons. The Morgan fingerprint density at radius 3 is 2.50 bits per heavy atom. The van der Waals surface area contributed by atoms with E-state index >= 15 is 0 Å². The van der Waals surface area contributed by atoms with Crippen LogP contribution in [0.15, 0.2) is 53.4 Å². The Labute approximate surface area is 128 Å². The van der Waals surface area contributed by atoms with E-state index in [9.17, 15) is 18.3 Å². The molecule has 0 aliphatic carbocycles. The average Bonchev–Trinajstić information content (AvgIpc) is 2.54. The first-order chi connectivity index (χ1) is 10.5. The van der Waals surface area contributed by atoms with Crippen molar-refractivity contribution in [3.8, 4) is 0 Å². The second-order valence-corrected chi connectivity index (χ2v) is 7.11. The fourth-order valence-corrected chi connectivity index (χ4v) is 4.07. The number of aromatic carboxylic acids is 1. The molecule has 0 N–H and O–H groups in total. The molecule has 6 heteroatoms. The van der Waals surface area contributed by atoms with Crippen LogP contribution in [0, 0.1) is 0 Å². The Hall–Kier alpha value is -2.18. The van der Waals surface area contributed by atoms with E-state index in [0.29, 0.717) is 19.5 Å². The molecule has 1 aliphatic rings. The summed E-state index contributed by atoms with van der Waals surface area (Å²) < 4.78 is 26.7. The normalized spacial score (nSPS) is 15.3. The van der Waals surface area contributed by atoms with Crippen LogP contribution < -0.4 is 5.11 Å². The molecule has 0 unspecified atom stereocenters. The van der Waals surface area contributed by atoms with Crippen LogP contribution in [0.25, 0.3) is 0 Å². The highest BCUT2D eigenvalue weighted by molar-refractivity contribution is 7.89. The lowest BCUT2D eigenvalue weighted by Crippen LogP contribution is -2.36. The van der Waals surface area contributed by atoms with Gasteiger partial charge < -0.3 is 9.90 Å². The van der Waals surface area contributed by atoms with Crippen molar-refractivity contribution in [3.05, 3.63) is 65.2 Å². The molecule has 0 atom stereocenters. The predicted octanol–water partition coefficient (Wildman–Crippen LogP) is 0.797. The SMILES string of the molecule is O=C([O-])c1cccc(S(=O)(=O)N2CCc3ccccc3C2)c1. The molecule has 22 heavy (non-hydrogen) atoms. The number of carboxylic acids is 1. The smallest absolute Gasteiger partial charge is 0.243 e. The topological polar surface area (TPSA) is 77.5 Å². The average molecular weight is 316 g/mol. The van der Waals surface area contributed by atoms with E-state index in [-0.39, 0.29) is 10.5 Å². The minimum atomic E-state index is -3.72. The van der Waals surface area contributed by atoms with Gasteiger partial charge in [0.15, 0.2) is 0 Å². The molecule has 0 bridgehead atoms. The molecule has 2 aromatic carbocycles. The van der Waals surface area contributed by atoms with E-state index in [1.54, 1.807) is 0 Å². The van der Waals surface area contributed by atoms with Gasteiger partial charge in [0, 0.05) is 13.1 Å². The zero-order chi connectivity index (χ0) is 15.7. The number of benzene rings is 2. The third-order valence-electron chi connectivity index (χ3n) is 3.80. The number of carbonyl (C=O) groups is 1. The molecule has 1 aliphatic heterocycles. The first-order valence-electron chi connectivity index (χ1n) is 6.87. The molecular weight excluding hydrogens is 302 g/mol. The third-order valence-corrected chi connectivity index (χ3v) is 5.64. The number of hydrogen-bond donors (Lipinski definition) is 0. The van der Waals surface area contributed by atoms with Gasteiger partial charge in [0.1, 0.15) is 0 Å². The fourth-order valence-electron chi connectivity index (χ4n) is 2.61. The lowest BCUT2D eigenvalue weighted by atomic mass is 10.0. The highest BCUT2D eigenvalue weighted by Crippen LogP contribution is 2.25. The van der Waals surface area contributed by atoms with Crippen molar-refractivity contribution in [2.24, 2.45) is 0 Å². The Morgan fingerprint density at radius 1 is 1.05 bits per heavy atom. The van der Waals surface area contributed by atoms with Crippen molar-refractivity contribution in [1.29, 1.82) is 0 Å². The molecule has 2 aromatic rings. The number of sulfonamides is 1. The van der Waals surface area contributed by atoms with Gasteiger partial charge in [-0.25, -0.2) is 8.42 Å². The number of carbonyl (C=O) groups excluding carboxylic acids is 1. The zero-order valence-electron chi connectivity index (χ0n) is 11.7. The summed E-state index contributed by atoms with van der Waals surface area (Å²) in [6.45, 7) is 0.683. The van der Waals surface area contributed by atoms with E-state index in [0.717, 1.165) is 17.2 Å². The van der Waals surface area contributed by atoms with Crippen molar-refractivity contribution in [2.75, 3.05) is 6.54 Å². The van der Waals surface area contributed by atoms with Crippen molar-refractivity contribution < 1.29 is 18.3 Å². The summed E-state index contributed by atoms with van der Waals surface area (Å²) in [4.78, 5) is 10.9. The Morgan fingerprint density at radius 2 is 1.77 bits per heavy atom. The number of nitrogens with zero attached hydrogens (tertiary/aromatic N) is 1. The monoisotopic (exact) mass is 316 g/mol. The zero-order valence-corrected chi connectivity index (χ0v) is 12.5. The summed E-state index contributed by atoms with van der Waals surface area (Å²) in [5, 5.41) is 10.9. The minimum Gasteiger partial charge on any atom is -0.545 e. The number of carboxylic acid groups (broad SMARTS) is 1. The molecular formula is C16H14NO4S-. The van der Waals surface area contributed by atoms with Gasteiger partial charge in [-0.1, -0.05) is 36.4 Å². The molecule has 0 saturated heterocycles. The van der Waals surface area contributed by atoms with Gasteiger partial charge >= 0.3 is 0 Å². The van der Waals surface area contributed by atoms with Crippen LogP contribution in [0.1, 0.15) is 21.5 Å². The second kappa shape index (κ2) is 5.55. The summed E-state index contributed by atoms with van der Waals surface area (Å²) in [5.74, 6) is -1.39. The maximum atomic E-state index is 12.7. The molecule has 0 amide bonds. The van der Waals surface area contributed by atoms with Crippen LogP contribution in [-0.2, 0) is 23.0 Å². The van der Waals surface area contributed by atoms with E-state index in [2.05, 4.69) is 0 Å². The molecule has 1 heterocycles. The maximum absolute atomic E-state index is 12.7. The van der Waals surface area contributed by atoms with Crippen LogP contribution in [-0.4, -0.2) is 25.2 Å². The lowest BCUT2D eigenvalue weighted by Gasteiger charge is -2.28. The molecule has 0 saturated carbocycles. The van der Waals surface area contributed by atoms with Gasteiger partial charge in [-0.3, -0.25) is 0 Å². The van der Waals surface area contributed by atoms with Gasteiger partial charge in [0.25, 0.3) is 0 Å². The predicted molar refractivity (Wildman–Crippen MR) is 78.5 cm³/mol. The van der Waals surface area contributed by atoms with Crippen LogP contribution in [0.5, 0.6) is 0 Å². The van der Waals surface area contributed by atoms with Crippen LogP contribution >= 0.6 is 0 Å². The van der Waals surface area contributed by atoms with Crippen molar-refractivity contribution >= 4 is 16.0 Å². The number of fused-ring (bicyclic) bond motifs is 1. The summed E-state index contributed by atoms with van der Waals surface area (Å²) in [5.41, 5.74) is 1.99. The lowest BCUT2D eigenvalue weighted by molar-refractivity contribution is -0.255. The highest BCUT2D eigenvalue weighted by atomic mass is 32.2. The van der Waals surface area contributed by atoms with E-state index < -0.39 is 16.0 Å². The van der Waals surface area contributed by atoms with Gasteiger partial charge in [-0.2, -0.15) is 4.31 Å². The quantitative estimate of drug-likeness (QED) is 0.839. The second-order valence-electron chi connectivity index (χ2n) is 5.17. The number of hydrogen-bond acceptors (Lipinski definition) is 4. The third kappa shape index (κ3) is 2.63. The van der Waals surface area contributed by atoms with Crippen molar-refractivity contribution in [1.82, 2.24) is 4.31 Å². The first-order valence-corrected chi connectivity index (χ1v) is 8.31. The van der Waals surface area contributed by atoms with Gasteiger partial charge in [-0.15, -0.1) is 0 Å².